The summed E-state index contributed by atoms with van der Waals surface area (Å²) in [6.07, 6.45) is 1.48. The smallest absolute Gasteiger partial charge is 0.318 e. The van der Waals surface area contributed by atoms with Gasteiger partial charge in [0.2, 0.25) is 5.91 Å². The van der Waals surface area contributed by atoms with Gasteiger partial charge in [-0.3, -0.25) is 4.79 Å². The molecule has 2 heterocycles. The Morgan fingerprint density at radius 3 is 2.77 bits per heavy atom. The topological polar surface area (TPSA) is 65.5 Å². The number of rotatable bonds is 6. The summed E-state index contributed by atoms with van der Waals surface area (Å²) in [7, 11) is 1.76. The molecule has 26 heavy (non-hydrogen) atoms. The zero-order valence-corrected chi connectivity index (χ0v) is 16.0. The zero-order valence-electron chi connectivity index (χ0n) is 15.1. The summed E-state index contributed by atoms with van der Waals surface area (Å²) < 4.78 is 0. The Morgan fingerprint density at radius 2 is 2.15 bits per heavy atom. The minimum Gasteiger partial charge on any atom is -0.340 e. The quantitative estimate of drug-likeness (QED) is 0.848. The maximum Gasteiger partial charge on any atom is 0.318 e. The number of amides is 3. The molecule has 6 nitrogen and oxygen atoms in total. The zero-order chi connectivity index (χ0) is 18.5. The van der Waals surface area contributed by atoms with Crippen LogP contribution in [0.4, 0.5) is 4.79 Å². The minimum absolute atomic E-state index is 0.159. The van der Waals surface area contributed by atoms with E-state index in [1.807, 2.05) is 47.5 Å². The maximum absolute atomic E-state index is 12.7. The Labute approximate surface area is 157 Å². The Balaban J connectivity index is 1.67. The second-order valence-corrected chi connectivity index (χ2v) is 7.63. The van der Waals surface area contributed by atoms with Crippen LogP contribution >= 0.6 is 11.3 Å². The molecule has 138 valence electrons. The molecule has 7 heteroatoms. The summed E-state index contributed by atoms with van der Waals surface area (Å²) in [5.74, 6) is 0.159. The molecule has 1 aromatic carbocycles. The predicted octanol–water partition coefficient (Wildman–Crippen LogP) is 2.96. The highest BCUT2D eigenvalue weighted by molar-refractivity contribution is 7.09. The molecule has 0 aliphatic carbocycles. The number of nitrogens with zero attached hydrogens (tertiary/aromatic N) is 3. The van der Waals surface area contributed by atoms with E-state index < -0.39 is 0 Å². The van der Waals surface area contributed by atoms with E-state index in [4.69, 9.17) is 0 Å². The average molecular weight is 372 g/mol. The molecule has 2 aromatic rings. The van der Waals surface area contributed by atoms with Crippen molar-refractivity contribution in [1.29, 1.82) is 0 Å². The van der Waals surface area contributed by atoms with Crippen LogP contribution in [0.1, 0.15) is 35.1 Å². The summed E-state index contributed by atoms with van der Waals surface area (Å²) in [6, 6.07) is 9.40. The third-order valence-electron chi connectivity index (χ3n) is 4.49. The summed E-state index contributed by atoms with van der Waals surface area (Å²) in [6.45, 7) is 3.66. The van der Waals surface area contributed by atoms with Crippen LogP contribution in [0.15, 0.2) is 35.7 Å². The van der Waals surface area contributed by atoms with E-state index >= 15 is 0 Å². The van der Waals surface area contributed by atoms with E-state index in [-0.39, 0.29) is 18.0 Å². The summed E-state index contributed by atoms with van der Waals surface area (Å²) in [5.41, 5.74) is 1.88. The molecule has 1 aliphatic rings. The van der Waals surface area contributed by atoms with Gasteiger partial charge in [-0.25, -0.2) is 9.78 Å². The number of aromatic nitrogens is 1. The number of thiazole rings is 1. The van der Waals surface area contributed by atoms with Gasteiger partial charge in [0, 0.05) is 31.9 Å². The number of likely N-dealkylation sites (tertiary alicyclic amines) is 1. The van der Waals surface area contributed by atoms with Crippen molar-refractivity contribution >= 4 is 23.3 Å². The maximum atomic E-state index is 12.7. The summed E-state index contributed by atoms with van der Waals surface area (Å²) in [4.78, 5) is 32.5. The van der Waals surface area contributed by atoms with Gasteiger partial charge in [0.25, 0.3) is 0 Å². The molecule has 0 spiro atoms. The van der Waals surface area contributed by atoms with Gasteiger partial charge < -0.3 is 15.1 Å². The highest BCUT2D eigenvalue weighted by Gasteiger charge is 2.26. The van der Waals surface area contributed by atoms with Crippen molar-refractivity contribution in [2.45, 2.75) is 32.4 Å². The van der Waals surface area contributed by atoms with Crippen molar-refractivity contribution in [3.8, 4) is 0 Å². The minimum atomic E-state index is -0.231. The molecule has 3 amide bonds. The predicted molar refractivity (Wildman–Crippen MR) is 102 cm³/mol. The van der Waals surface area contributed by atoms with Gasteiger partial charge >= 0.3 is 6.03 Å². The lowest BCUT2D eigenvalue weighted by Crippen LogP contribution is -2.43. The highest BCUT2D eigenvalue weighted by Crippen LogP contribution is 2.19. The van der Waals surface area contributed by atoms with Gasteiger partial charge in [0.05, 0.1) is 23.3 Å². The van der Waals surface area contributed by atoms with Gasteiger partial charge in [-0.05, 0) is 18.9 Å². The van der Waals surface area contributed by atoms with E-state index in [2.05, 4.69) is 10.3 Å². The molecule has 1 aliphatic heterocycles. The van der Waals surface area contributed by atoms with Crippen molar-refractivity contribution in [3.05, 3.63) is 52.0 Å². The molecule has 1 atom stereocenters. The van der Waals surface area contributed by atoms with Crippen molar-refractivity contribution < 1.29 is 9.59 Å². The fraction of sp³-hybridized carbons (Fsp3) is 0.421. The summed E-state index contributed by atoms with van der Waals surface area (Å²) in [5, 5.41) is 6.03. The lowest BCUT2D eigenvalue weighted by atomic mass is 10.1. The first-order valence-corrected chi connectivity index (χ1v) is 9.66. The van der Waals surface area contributed by atoms with Gasteiger partial charge in [0.1, 0.15) is 0 Å². The molecule has 1 fully saturated rings. The molecular weight excluding hydrogens is 348 g/mol. The second kappa shape index (κ2) is 8.31. The first-order valence-electron chi connectivity index (χ1n) is 8.78. The lowest BCUT2D eigenvalue weighted by Gasteiger charge is -2.27. The number of urea groups is 1. The third kappa shape index (κ3) is 4.60. The number of nitrogens with one attached hydrogen (secondary N) is 1. The highest BCUT2D eigenvalue weighted by atomic mass is 32.1. The molecule has 0 saturated carbocycles. The van der Waals surface area contributed by atoms with E-state index in [1.165, 1.54) is 0 Å². The van der Waals surface area contributed by atoms with Crippen LogP contribution in [0.3, 0.4) is 0 Å². The van der Waals surface area contributed by atoms with Gasteiger partial charge in [0.15, 0.2) is 0 Å². The first kappa shape index (κ1) is 18.4. The number of hydrogen-bond donors (Lipinski definition) is 1. The van der Waals surface area contributed by atoms with E-state index in [1.54, 1.807) is 23.3 Å². The Morgan fingerprint density at radius 1 is 1.38 bits per heavy atom. The normalized spacial score (nSPS) is 15.2. The standard InChI is InChI=1S/C19H24N4O2S/c1-14-20-16(13-26-14)11-22(2)19(25)21-17(15-7-4-3-5-8-15)12-23-10-6-9-18(23)24/h3-5,7-8,13,17H,6,9-12H2,1-2H3,(H,21,25). The van der Waals surface area contributed by atoms with Crippen molar-refractivity contribution in [3.63, 3.8) is 0 Å². The molecule has 3 rings (SSSR count). The van der Waals surface area contributed by atoms with Gasteiger partial charge in [-0.15, -0.1) is 11.3 Å². The molecule has 0 radical (unpaired) electrons. The van der Waals surface area contributed by atoms with E-state index in [9.17, 15) is 9.59 Å². The Bertz CT molecular complexity index is 762. The molecule has 1 aromatic heterocycles. The van der Waals surface area contributed by atoms with Gasteiger partial charge in [-0.2, -0.15) is 0 Å². The molecule has 0 bridgehead atoms. The van der Waals surface area contributed by atoms with E-state index in [0.29, 0.717) is 19.5 Å². The number of hydrogen-bond acceptors (Lipinski definition) is 4. The molecule has 1 N–H and O–H groups in total. The third-order valence-corrected chi connectivity index (χ3v) is 5.31. The van der Waals surface area contributed by atoms with Crippen LogP contribution in [-0.4, -0.2) is 46.9 Å². The van der Waals surface area contributed by atoms with Crippen LogP contribution in [-0.2, 0) is 11.3 Å². The SMILES string of the molecule is Cc1nc(CN(C)C(=O)NC(CN2CCCC2=O)c2ccccc2)cs1. The first-order chi connectivity index (χ1) is 12.5. The monoisotopic (exact) mass is 372 g/mol. The molecule has 1 saturated heterocycles. The fourth-order valence-corrected chi connectivity index (χ4v) is 3.70. The molecular formula is C19H24N4O2S. The van der Waals surface area contributed by atoms with Crippen molar-refractivity contribution in [2.24, 2.45) is 0 Å². The van der Waals surface area contributed by atoms with Crippen LogP contribution in [0.5, 0.6) is 0 Å². The van der Waals surface area contributed by atoms with Crippen LogP contribution < -0.4 is 5.32 Å². The fourth-order valence-electron chi connectivity index (χ4n) is 3.09. The Kier molecular flexibility index (Phi) is 5.88. The van der Waals surface area contributed by atoms with Crippen molar-refractivity contribution in [1.82, 2.24) is 20.1 Å². The summed E-state index contributed by atoms with van der Waals surface area (Å²) >= 11 is 1.58. The van der Waals surface area contributed by atoms with Crippen LogP contribution in [0.25, 0.3) is 0 Å². The van der Waals surface area contributed by atoms with Crippen LogP contribution in [0.2, 0.25) is 0 Å². The second-order valence-electron chi connectivity index (χ2n) is 6.57. The lowest BCUT2D eigenvalue weighted by molar-refractivity contribution is -0.128. The van der Waals surface area contributed by atoms with Crippen LogP contribution in [0, 0.1) is 6.92 Å². The van der Waals surface area contributed by atoms with Gasteiger partial charge in [-0.1, -0.05) is 30.3 Å². The largest absolute Gasteiger partial charge is 0.340 e. The van der Waals surface area contributed by atoms with E-state index in [0.717, 1.165) is 29.2 Å². The average Bonchev–Trinajstić information content (AvgIpc) is 3.23. The number of benzene rings is 1. The Hall–Kier alpha value is -2.41. The van der Waals surface area contributed by atoms with Crippen molar-refractivity contribution in [2.75, 3.05) is 20.1 Å². The number of aryl methyl sites for hydroxylation is 1. The number of carbonyl (C=O) groups excluding carboxylic acids is 2. The number of carbonyl (C=O) groups is 2. The molecule has 1 unspecified atom stereocenters.